The lowest BCUT2D eigenvalue weighted by Gasteiger charge is -2.23. The Bertz CT molecular complexity index is 208. The van der Waals surface area contributed by atoms with Crippen molar-refractivity contribution in [2.75, 3.05) is 12.9 Å². The Morgan fingerprint density at radius 1 is 1.44 bits per heavy atom. The van der Waals surface area contributed by atoms with E-state index in [4.69, 9.17) is 10.8 Å². The molecule has 0 fully saturated rings. The molecule has 0 heterocycles. The first-order chi connectivity index (χ1) is 7.42. The molecule has 0 aromatic carbocycles. The summed E-state index contributed by atoms with van der Waals surface area (Å²) in [4.78, 5) is 11.7. The van der Waals surface area contributed by atoms with Gasteiger partial charge in [-0.3, -0.25) is 4.79 Å². The maximum absolute atomic E-state index is 11.7. The molecule has 0 saturated carbocycles. The third-order valence-corrected chi connectivity index (χ3v) is 3.64. The molecule has 0 aliphatic rings. The van der Waals surface area contributed by atoms with Crippen LogP contribution in [0.1, 0.15) is 27.2 Å². The fraction of sp³-hybridized carbons (Fsp3) is 0.909. The molecule has 3 atom stereocenters. The minimum Gasteiger partial charge on any atom is -0.395 e. The van der Waals surface area contributed by atoms with E-state index in [2.05, 4.69) is 5.32 Å². The molecular weight excluding hydrogens is 224 g/mol. The minimum absolute atomic E-state index is 0.0233. The van der Waals surface area contributed by atoms with Crippen LogP contribution < -0.4 is 11.1 Å². The number of thioether (sulfide) groups is 1. The summed E-state index contributed by atoms with van der Waals surface area (Å²) in [6, 6.07) is -0.519. The molecule has 0 saturated heterocycles. The summed E-state index contributed by atoms with van der Waals surface area (Å²) in [7, 11) is 0. The molecule has 0 aliphatic carbocycles. The van der Waals surface area contributed by atoms with Crippen molar-refractivity contribution >= 4 is 17.7 Å². The summed E-state index contributed by atoms with van der Waals surface area (Å²) in [6.07, 6.45) is 2.60. The van der Waals surface area contributed by atoms with Gasteiger partial charge in [0.25, 0.3) is 0 Å². The number of nitrogens with two attached hydrogens (primary N) is 1. The van der Waals surface area contributed by atoms with Crippen LogP contribution >= 0.6 is 11.8 Å². The highest BCUT2D eigenvalue weighted by Gasteiger charge is 2.21. The van der Waals surface area contributed by atoms with Crippen molar-refractivity contribution in [3.05, 3.63) is 0 Å². The number of hydrogen-bond donors (Lipinski definition) is 3. The Morgan fingerprint density at radius 2 is 2.00 bits per heavy atom. The van der Waals surface area contributed by atoms with Crippen LogP contribution in [0.5, 0.6) is 0 Å². The van der Waals surface area contributed by atoms with E-state index in [1.54, 1.807) is 11.8 Å². The van der Waals surface area contributed by atoms with E-state index >= 15 is 0 Å². The quantitative estimate of drug-likeness (QED) is 0.616. The lowest BCUT2D eigenvalue weighted by molar-refractivity contribution is -0.123. The molecule has 0 radical (unpaired) electrons. The third-order valence-electron chi connectivity index (χ3n) is 2.47. The van der Waals surface area contributed by atoms with Crippen LogP contribution in [0.25, 0.3) is 0 Å². The summed E-state index contributed by atoms with van der Waals surface area (Å²) in [5.74, 6) is 0.277. The highest BCUT2D eigenvalue weighted by atomic mass is 32.2. The molecule has 4 nitrogen and oxygen atoms in total. The molecule has 16 heavy (non-hydrogen) atoms. The Balaban J connectivity index is 4.12. The number of carbonyl (C=O) groups is 1. The number of amides is 1. The smallest absolute Gasteiger partial charge is 0.237 e. The predicted octanol–water partition coefficient (Wildman–Crippen LogP) is 0.588. The van der Waals surface area contributed by atoms with Gasteiger partial charge in [0.15, 0.2) is 0 Å². The second-order valence-corrected chi connectivity index (χ2v) is 5.57. The fourth-order valence-electron chi connectivity index (χ4n) is 1.48. The van der Waals surface area contributed by atoms with E-state index in [1.165, 1.54) is 0 Å². The first kappa shape index (κ1) is 15.7. The first-order valence-corrected chi connectivity index (χ1v) is 6.90. The summed E-state index contributed by atoms with van der Waals surface area (Å²) >= 11 is 1.54. The second-order valence-electron chi connectivity index (χ2n) is 4.49. The topological polar surface area (TPSA) is 75.3 Å². The highest BCUT2D eigenvalue weighted by Crippen LogP contribution is 2.11. The van der Waals surface area contributed by atoms with Gasteiger partial charge >= 0.3 is 0 Å². The lowest BCUT2D eigenvalue weighted by Crippen LogP contribution is -2.48. The minimum atomic E-state index is -0.455. The molecule has 96 valence electrons. The Labute approximate surface area is 102 Å². The van der Waals surface area contributed by atoms with Crippen molar-refractivity contribution in [3.8, 4) is 0 Å². The molecular formula is C11H24N2O2S. The number of aliphatic hydroxyl groups is 1. The van der Waals surface area contributed by atoms with E-state index in [-0.39, 0.29) is 23.8 Å². The van der Waals surface area contributed by atoms with Crippen molar-refractivity contribution < 1.29 is 9.90 Å². The molecule has 2 unspecified atom stereocenters. The maximum atomic E-state index is 11.7. The van der Waals surface area contributed by atoms with E-state index in [0.29, 0.717) is 12.3 Å². The van der Waals surface area contributed by atoms with Gasteiger partial charge in [0.1, 0.15) is 0 Å². The zero-order valence-electron chi connectivity index (χ0n) is 10.6. The normalized spacial score (nSPS) is 16.9. The van der Waals surface area contributed by atoms with Crippen LogP contribution in [-0.4, -0.2) is 41.2 Å². The molecule has 0 aromatic rings. The number of nitrogens with one attached hydrogen (secondary N) is 1. The van der Waals surface area contributed by atoms with Gasteiger partial charge in [0.2, 0.25) is 5.91 Å². The lowest BCUT2D eigenvalue weighted by atomic mass is 10.0. The molecule has 0 aliphatic heterocycles. The summed E-state index contributed by atoms with van der Waals surface area (Å²) < 4.78 is 0. The summed E-state index contributed by atoms with van der Waals surface area (Å²) in [5.41, 5.74) is 5.77. The summed E-state index contributed by atoms with van der Waals surface area (Å²) in [6.45, 7) is 6.02. The largest absolute Gasteiger partial charge is 0.395 e. The number of rotatable bonds is 7. The van der Waals surface area contributed by atoms with Crippen LogP contribution in [0.3, 0.4) is 0 Å². The van der Waals surface area contributed by atoms with Gasteiger partial charge in [-0.2, -0.15) is 11.8 Å². The Kier molecular flexibility index (Phi) is 7.80. The van der Waals surface area contributed by atoms with Gasteiger partial charge in [-0.25, -0.2) is 0 Å². The average molecular weight is 248 g/mol. The van der Waals surface area contributed by atoms with Gasteiger partial charge in [-0.1, -0.05) is 13.8 Å². The molecule has 1 amide bonds. The van der Waals surface area contributed by atoms with Gasteiger partial charge in [0, 0.05) is 11.3 Å². The number of aliphatic hydroxyl groups excluding tert-OH is 1. The van der Waals surface area contributed by atoms with E-state index in [9.17, 15) is 4.79 Å². The Hall–Kier alpha value is -0.260. The van der Waals surface area contributed by atoms with Crippen LogP contribution in [0.4, 0.5) is 0 Å². The van der Waals surface area contributed by atoms with Crippen molar-refractivity contribution in [1.29, 1.82) is 0 Å². The van der Waals surface area contributed by atoms with Crippen molar-refractivity contribution in [3.63, 3.8) is 0 Å². The van der Waals surface area contributed by atoms with Gasteiger partial charge in [-0.15, -0.1) is 0 Å². The van der Waals surface area contributed by atoms with E-state index in [1.807, 2.05) is 27.0 Å². The molecule has 0 rings (SSSR count). The first-order valence-electron chi connectivity index (χ1n) is 5.62. The molecule has 5 heteroatoms. The third kappa shape index (κ3) is 5.72. The van der Waals surface area contributed by atoms with Crippen molar-refractivity contribution in [1.82, 2.24) is 5.32 Å². The van der Waals surface area contributed by atoms with Gasteiger partial charge in [0.05, 0.1) is 12.6 Å². The zero-order valence-corrected chi connectivity index (χ0v) is 11.4. The maximum Gasteiger partial charge on any atom is 0.237 e. The van der Waals surface area contributed by atoms with E-state index < -0.39 is 6.04 Å². The van der Waals surface area contributed by atoms with Crippen molar-refractivity contribution in [2.45, 2.75) is 44.5 Å². The van der Waals surface area contributed by atoms with Crippen LogP contribution in [0.2, 0.25) is 0 Å². The average Bonchev–Trinajstić information content (AvgIpc) is 2.18. The number of carbonyl (C=O) groups excluding carboxylic acids is 1. The highest BCUT2D eigenvalue weighted by molar-refractivity contribution is 7.99. The van der Waals surface area contributed by atoms with Gasteiger partial charge in [-0.05, 0) is 25.5 Å². The Morgan fingerprint density at radius 3 is 2.38 bits per heavy atom. The standard InChI is InChI=1S/C11H24N2O2S/c1-7(2)5-9(12)11(15)13-8(3)10(6-14)16-4/h7-10,14H,5-6,12H2,1-4H3,(H,13,15)/t8?,9-,10?/m1/s1. The molecule has 4 N–H and O–H groups in total. The number of hydrogen-bond acceptors (Lipinski definition) is 4. The molecule has 0 aromatic heterocycles. The van der Waals surface area contributed by atoms with E-state index in [0.717, 1.165) is 0 Å². The SMILES string of the molecule is CSC(CO)C(C)NC(=O)[C@H](N)CC(C)C. The van der Waals surface area contributed by atoms with Crippen LogP contribution in [0.15, 0.2) is 0 Å². The van der Waals surface area contributed by atoms with Crippen LogP contribution in [0, 0.1) is 5.92 Å². The molecule has 0 bridgehead atoms. The fourth-order valence-corrected chi connectivity index (χ4v) is 2.10. The van der Waals surface area contributed by atoms with Crippen molar-refractivity contribution in [2.24, 2.45) is 11.7 Å². The van der Waals surface area contributed by atoms with Crippen LogP contribution in [-0.2, 0) is 4.79 Å². The molecule has 0 spiro atoms. The zero-order chi connectivity index (χ0) is 12.7. The predicted molar refractivity (Wildman–Crippen MR) is 69.4 cm³/mol. The summed E-state index contributed by atoms with van der Waals surface area (Å²) in [5, 5.41) is 12.0. The second kappa shape index (κ2) is 7.92. The van der Waals surface area contributed by atoms with Gasteiger partial charge < -0.3 is 16.2 Å². The monoisotopic (exact) mass is 248 g/mol.